The van der Waals surface area contributed by atoms with Gasteiger partial charge in [0, 0.05) is 23.2 Å². The van der Waals surface area contributed by atoms with Gasteiger partial charge in [0.2, 0.25) is 0 Å². The maximum absolute atomic E-state index is 6.28. The van der Waals surface area contributed by atoms with E-state index in [4.69, 9.17) is 27.9 Å². The van der Waals surface area contributed by atoms with E-state index in [-0.39, 0.29) is 17.6 Å². The van der Waals surface area contributed by atoms with Gasteiger partial charge in [-0.2, -0.15) is 0 Å². The summed E-state index contributed by atoms with van der Waals surface area (Å²) in [5.74, 6) is 0. The van der Waals surface area contributed by atoms with Crippen molar-refractivity contribution < 1.29 is 4.74 Å². The van der Waals surface area contributed by atoms with Gasteiger partial charge in [-0.1, -0.05) is 57.0 Å². The van der Waals surface area contributed by atoms with E-state index in [2.05, 4.69) is 33.0 Å². The molecule has 1 rings (SSSR count). The number of benzene rings is 1. The standard InChI is InChI=1S/C16H25Cl2NO/c1-6-19-14(15(20-5)16(2,3)4)9-11-7-8-12(17)10-13(11)18/h7-8,10,14-15,19H,6,9H2,1-5H3. The summed E-state index contributed by atoms with van der Waals surface area (Å²) in [4.78, 5) is 0. The number of ether oxygens (including phenoxy) is 1. The van der Waals surface area contributed by atoms with Crippen molar-refractivity contribution in [3.05, 3.63) is 33.8 Å². The lowest BCUT2D eigenvalue weighted by Gasteiger charge is -2.36. The molecule has 0 aliphatic carbocycles. The zero-order chi connectivity index (χ0) is 15.3. The molecule has 0 saturated carbocycles. The molecule has 1 aromatic carbocycles. The van der Waals surface area contributed by atoms with E-state index >= 15 is 0 Å². The number of likely N-dealkylation sites (N-methyl/N-ethyl adjacent to an activating group) is 1. The van der Waals surface area contributed by atoms with Crippen LogP contribution in [0.1, 0.15) is 33.3 Å². The number of nitrogens with one attached hydrogen (secondary N) is 1. The molecule has 0 aliphatic heterocycles. The summed E-state index contributed by atoms with van der Waals surface area (Å²) in [5.41, 5.74) is 1.15. The monoisotopic (exact) mass is 317 g/mol. The molecule has 0 aliphatic rings. The van der Waals surface area contributed by atoms with Crippen LogP contribution in [0.2, 0.25) is 10.0 Å². The maximum atomic E-state index is 6.28. The molecule has 0 amide bonds. The highest BCUT2D eigenvalue weighted by Gasteiger charge is 2.32. The van der Waals surface area contributed by atoms with Crippen molar-refractivity contribution >= 4 is 23.2 Å². The first-order chi connectivity index (χ1) is 9.29. The molecule has 114 valence electrons. The third-order valence-corrected chi connectivity index (χ3v) is 3.98. The van der Waals surface area contributed by atoms with E-state index in [9.17, 15) is 0 Å². The Balaban J connectivity index is 2.96. The second-order valence-corrected chi connectivity index (χ2v) is 6.97. The van der Waals surface area contributed by atoms with Crippen molar-refractivity contribution in [3.63, 3.8) is 0 Å². The number of hydrogen-bond acceptors (Lipinski definition) is 2. The average Bonchev–Trinajstić information content (AvgIpc) is 2.32. The van der Waals surface area contributed by atoms with Gasteiger partial charge in [-0.05, 0) is 36.1 Å². The maximum Gasteiger partial charge on any atom is 0.0775 e. The summed E-state index contributed by atoms with van der Waals surface area (Å²) in [5, 5.41) is 4.89. The zero-order valence-electron chi connectivity index (χ0n) is 13.0. The summed E-state index contributed by atoms with van der Waals surface area (Å²) >= 11 is 12.2. The van der Waals surface area contributed by atoms with Crippen molar-refractivity contribution in [1.29, 1.82) is 0 Å². The molecule has 0 aromatic heterocycles. The van der Waals surface area contributed by atoms with E-state index in [1.807, 2.05) is 12.1 Å². The molecule has 0 bridgehead atoms. The van der Waals surface area contributed by atoms with Crippen LogP contribution >= 0.6 is 23.2 Å². The van der Waals surface area contributed by atoms with Crippen LogP contribution in [-0.2, 0) is 11.2 Å². The highest BCUT2D eigenvalue weighted by Crippen LogP contribution is 2.28. The van der Waals surface area contributed by atoms with Crippen LogP contribution in [0.4, 0.5) is 0 Å². The molecule has 4 heteroatoms. The average molecular weight is 318 g/mol. The van der Waals surface area contributed by atoms with Crippen molar-refractivity contribution in [2.45, 2.75) is 46.3 Å². The number of rotatable bonds is 6. The normalized spacial score (nSPS) is 15.2. The van der Waals surface area contributed by atoms with Crippen LogP contribution in [-0.4, -0.2) is 25.8 Å². The molecule has 1 aromatic rings. The Morgan fingerprint density at radius 2 is 1.90 bits per heavy atom. The summed E-state index contributed by atoms with van der Waals surface area (Å²) < 4.78 is 5.73. The van der Waals surface area contributed by atoms with Gasteiger partial charge in [0.15, 0.2) is 0 Å². The first-order valence-electron chi connectivity index (χ1n) is 6.99. The fourth-order valence-corrected chi connectivity index (χ4v) is 3.08. The molecule has 2 atom stereocenters. The third-order valence-electron chi connectivity index (χ3n) is 3.39. The van der Waals surface area contributed by atoms with Crippen LogP contribution in [0.25, 0.3) is 0 Å². The van der Waals surface area contributed by atoms with E-state index < -0.39 is 0 Å². The smallest absolute Gasteiger partial charge is 0.0775 e. The Labute approximate surface area is 132 Å². The third kappa shape index (κ3) is 4.92. The topological polar surface area (TPSA) is 21.3 Å². The van der Waals surface area contributed by atoms with Gasteiger partial charge in [-0.25, -0.2) is 0 Å². The highest BCUT2D eigenvalue weighted by molar-refractivity contribution is 6.35. The largest absolute Gasteiger partial charge is 0.379 e. The molecule has 0 radical (unpaired) electrons. The minimum Gasteiger partial charge on any atom is -0.379 e. The second kappa shape index (κ2) is 7.65. The lowest BCUT2D eigenvalue weighted by molar-refractivity contribution is -0.0106. The Morgan fingerprint density at radius 3 is 2.35 bits per heavy atom. The minimum absolute atomic E-state index is 0.0560. The van der Waals surface area contributed by atoms with Crippen molar-refractivity contribution in [3.8, 4) is 0 Å². The predicted octanol–water partition coefficient (Wildman–Crippen LogP) is 4.58. The summed E-state index contributed by atoms with van der Waals surface area (Å²) in [6.45, 7) is 9.57. The summed E-state index contributed by atoms with van der Waals surface area (Å²) in [6, 6.07) is 5.87. The quantitative estimate of drug-likeness (QED) is 0.829. The Kier molecular flexibility index (Phi) is 6.80. The van der Waals surface area contributed by atoms with Gasteiger partial charge in [0.05, 0.1) is 6.10 Å². The van der Waals surface area contributed by atoms with Crippen LogP contribution in [0.15, 0.2) is 18.2 Å². The highest BCUT2D eigenvalue weighted by atomic mass is 35.5. The molecule has 0 fully saturated rings. The van der Waals surface area contributed by atoms with Crippen molar-refractivity contribution in [1.82, 2.24) is 5.32 Å². The summed E-state index contributed by atoms with van der Waals surface area (Å²) in [7, 11) is 1.77. The van der Waals surface area contributed by atoms with Crippen LogP contribution in [0.3, 0.4) is 0 Å². The molecule has 2 nitrogen and oxygen atoms in total. The minimum atomic E-state index is 0.0560. The van der Waals surface area contributed by atoms with Crippen LogP contribution in [0.5, 0.6) is 0 Å². The van der Waals surface area contributed by atoms with E-state index in [1.54, 1.807) is 13.2 Å². The second-order valence-electron chi connectivity index (χ2n) is 6.13. The van der Waals surface area contributed by atoms with E-state index in [0.717, 1.165) is 18.5 Å². The van der Waals surface area contributed by atoms with Crippen molar-refractivity contribution in [2.24, 2.45) is 5.41 Å². The first kappa shape index (κ1) is 17.8. The van der Waals surface area contributed by atoms with Crippen LogP contribution < -0.4 is 5.32 Å². The van der Waals surface area contributed by atoms with E-state index in [0.29, 0.717) is 10.0 Å². The van der Waals surface area contributed by atoms with Crippen LogP contribution in [0, 0.1) is 5.41 Å². The predicted molar refractivity (Wildman–Crippen MR) is 87.9 cm³/mol. The van der Waals surface area contributed by atoms with E-state index in [1.165, 1.54) is 0 Å². The molecule has 2 unspecified atom stereocenters. The molecule has 1 N–H and O–H groups in total. The molecule has 0 heterocycles. The zero-order valence-corrected chi connectivity index (χ0v) is 14.5. The fourth-order valence-electron chi connectivity index (χ4n) is 2.59. The van der Waals surface area contributed by atoms with Gasteiger partial charge in [0.25, 0.3) is 0 Å². The first-order valence-corrected chi connectivity index (χ1v) is 7.75. The molecule has 0 spiro atoms. The Morgan fingerprint density at radius 1 is 1.25 bits per heavy atom. The van der Waals surface area contributed by atoms with Gasteiger partial charge >= 0.3 is 0 Å². The Hall–Kier alpha value is -0.280. The number of methoxy groups -OCH3 is 1. The van der Waals surface area contributed by atoms with Gasteiger partial charge < -0.3 is 10.1 Å². The molecule has 0 saturated heterocycles. The number of hydrogen-bond donors (Lipinski definition) is 1. The Bertz CT molecular complexity index is 429. The lowest BCUT2D eigenvalue weighted by atomic mass is 9.82. The van der Waals surface area contributed by atoms with Gasteiger partial charge in [-0.3, -0.25) is 0 Å². The molecule has 20 heavy (non-hydrogen) atoms. The fraction of sp³-hybridized carbons (Fsp3) is 0.625. The summed E-state index contributed by atoms with van der Waals surface area (Å²) in [6.07, 6.45) is 0.925. The number of halogens is 2. The van der Waals surface area contributed by atoms with Crippen molar-refractivity contribution in [2.75, 3.05) is 13.7 Å². The molecular weight excluding hydrogens is 293 g/mol. The SMILES string of the molecule is CCNC(Cc1ccc(Cl)cc1Cl)C(OC)C(C)(C)C. The van der Waals surface area contributed by atoms with Gasteiger partial charge in [-0.15, -0.1) is 0 Å². The van der Waals surface area contributed by atoms with Gasteiger partial charge in [0.1, 0.15) is 0 Å². The molecular formula is C16H25Cl2NO. The lowest BCUT2D eigenvalue weighted by Crippen LogP contribution is -2.49.